The Hall–Kier alpha value is -1.14. The van der Waals surface area contributed by atoms with Gasteiger partial charge in [-0.3, -0.25) is 9.59 Å². The molecule has 5 unspecified atom stereocenters. The number of carbonyl (C=O) groups is 2. The van der Waals surface area contributed by atoms with Crippen LogP contribution in [-0.2, 0) is 9.59 Å². The third-order valence-electron chi connectivity index (χ3n) is 11.0. The molecule has 0 aliphatic heterocycles. The highest BCUT2D eigenvalue weighted by Gasteiger charge is 2.62. The molecule has 188 valence electrons. The first kappa shape index (κ1) is 25.0. The average Bonchev–Trinajstić information content (AvgIpc) is 3.10. The number of hydrogen-bond acceptors (Lipinski definition) is 4. The van der Waals surface area contributed by atoms with Crippen molar-refractivity contribution in [3.63, 3.8) is 0 Å². The summed E-state index contributed by atoms with van der Waals surface area (Å²) in [6, 6.07) is 0. The van der Waals surface area contributed by atoms with Crippen LogP contribution in [0.1, 0.15) is 85.5 Å². The van der Waals surface area contributed by atoms with Crippen LogP contribution in [-0.4, -0.2) is 45.9 Å². The quantitative estimate of drug-likeness (QED) is 0.479. The van der Waals surface area contributed by atoms with E-state index in [-0.39, 0.29) is 41.4 Å². The lowest BCUT2D eigenvalue weighted by Crippen LogP contribution is -2.58. The molecule has 0 aromatic carbocycles. The molecule has 4 aliphatic rings. The second-order valence-corrected chi connectivity index (χ2v) is 12.7. The van der Waals surface area contributed by atoms with E-state index in [2.05, 4.69) is 26.1 Å². The van der Waals surface area contributed by atoms with E-state index in [1.807, 2.05) is 6.92 Å². The Balaban J connectivity index is 1.46. The van der Waals surface area contributed by atoms with Gasteiger partial charge in [0.05, 0.1) is 12.2 Å². The molecule has 0 spiro atoms. The van der Waals surface area contributed by atoms with Crippen molar-refractivity contribution < 1.29 is 24.9 Å². The van der Waals surface area contributed by atoms with E-state index in [1.165, 1.54) is 6.42 Å². The molecule has 0 radical (unpaired) electrons. The lowest BCUT2D eigenvalue weighted by Gasteiger charge is -2.62. The normalized spacial score (nSPS) is 46.4. The molecule has 0 aromatic heterocycles. The van der Waals surface area contributed by atoms with Crippen molar-refractivity contribution in [3.05, 3.63) is 0 Å². The molecule has 4 N–H and O–H groups in total. The highest BCUT2D eigenvalue weighted by atomic mass is 16.4. The number of fused-ring (bicyclic) bond motifs is 5. The molecule has 4 saturated carbocycles. The van der Waals surface area contributed by atoms with E-state index in [0.29, 0.717) is 35.5 Å². The Bertz CT molecular complexity index is 757. The van der Waals surface area contributed by atoms with Crippen LogP contribution in [0.2, 0.25) is 0 Å². The fraction of sp³-hybridized carbons (Fsp3) is 0.926. The third kappa shape index (κ3) is 4.35. The fourth-order valence-electron chi connectivity index (χ4n) is 9.34. The maximum absolute atomic E-state index is 12.4. The zero-order valence-electron chi connectivity index (χ0n) is 20.9. The zero-order chi connectivity index (χ0) is 24.1. The number of aliphatic carboxylic acids is 1. The van der Waals surface area contributed by atoms with Gasteiger partial charge in [-0.05, 0) is 104 Å². The van der Waals surface area contributed by atoms with Crippen LogP contribution in [0, 0.1) is 52.3 Å². The number of rotatable bonds is 6. The van der Waals surface area contributed by atoms with Gasteiger partial charge in [0.2, 0.25) is 5.91 Å². The Labute approximate surface area is 198 Å². The molecule has 0 heterocycles. The average molecular weight is 464 g/mol. The molecule has 6 heteroatoms. The predicted molar refractivity (Wildman–Crippen MR) is 126 cm³/mol. The van der Waals surface area contributed by atoms with Gasteiger partial charge in [0.1, 0.15) is 6.54 Å². The summed E-state index contributed by atoms with van der Waals surface area (Å²) in [4.78, 5) is 23.1. The summed E-state index contributed by atoms with van der Waals surface area (Å²) in [6.07, 6.45) is 8.63. The van der Waals surface area contributed by atoms with Crippen molar-refractivity contribution in [1.29, 1.82) is 0 Å². The molecule has 4 aliphatic carbocycles. The standard InChI is InChI=1S/C27H45NO5/c1-15(11-16(2)25(33)28-14-23(31)32)19-5-6-20-24-21(8-10-27(19,20)4)26(3)9-7-18(29)12-17(26)13-22(24)30/h15-22,24,29-30H,5-14H2,1-4H3,(H,28,33)(H,31,32)/t15-,16?,17?,18-,19-,20?,21?,22-,24?,26+,27-/m1/s1. The number of carboxylic acids is 1. The van der Waals surface area contributed by atoms with Crippen LogP contribution >= 0.6 is 0 Å². The van der Waals surface area contributed by atoms with Crippen LogP contribution in [0.3, 0.4) is 0 Å². The molecule has 11 atom stereocenters. The van der Waals surface area contributed by atoms with Crippen LogP contribution < -0.4 is 5.32 Å². The molecule has 6 nitrogen and oxygen atoms in total. The maximum atomic E-state index is 12.4. The van der Waals surface area contributed by atoms with E-state index in [9.17, 15) is 19.8 Å². The SMILES string of the molecule is CC(C[C@@H](C)[C@H]1CCC2C3C(CC[C@@]21C)[C@@]1(C)CC[C@@H](O)CC1C[C@H]3O)C(=O)NCC(=O)O. The van der Waals surface area contributed by atoms with Gasteiger partial charge in [-0.1, -0.05) is 27.7 Å². The number of amides is 1. The summed E-state index contributed by atoms with van der Waals surface area (Å²) < 4.78 is 0. The first-order valence-electron chi connectivity index (χ1n) is 13.3. The first-order valence-corrected chi connectivity index (χ1v) is 13.3. The number of nitrogens with one attached hydrogen (secondary N) is 1. The highest BCUT2D eigenvalue weighted by molar-refractivity contribution is 5.82. The molecular formula is C27H45NO5. The molecular weight excluding hydrogens is 418 g/mol. The molecule has 1 amide bonds. The van der Waals surface area contributed by atoms with E-state index in [0.717, 1.165) is 51.4 Å². The van der Waals surface area contributed by atoms with Crippen LogP contribution in [0.4, 0.5) is 0 Å². The van der Waals surface area contributed by atoms with Gasteiger partial charge in [0.25, 0.3) is 0 Å². The predicted octanol–water partition coefficient (Wildman–Crippen LogP) is 3.84. The minimum Gasteiger partial charge on any atom is -0.480 e. The van der Waals surface area contributed by atoms with Gasteiger partial charge in [-0.25, -0.2) is 0 Å². The molecule has 4 fully saturated rings. The molecule has 33 heavy (non-hydrogen) atoms. The second kappa shape index (κ2) is 9.14. The Morgan fingerprint density at radius 1 is 0.970 bits per heavy atom. The molecule has 0 aromatic rings. The van der Waals surface area contributed by atoms with Crippen molar-refractivity contribution >= 4 is 11.9 Å². The smallest absolute Gasteiger partial charge is 0.322 e. The molecule has 0 saturated heterocycles. The monoisotopic (exact) mass is 463 g/mol. The first-order chi connectivity index (χ1) is 15.5. The van der Waals surface area contributed by atoms with E-state index in [1.54, 1.807) is 0 Å². The van der Waals surface area contributed by atoms with E-state index in [4.69, 9.17) is 5.11 Å². The Morgan fingerprint density at radius 3 is 2.33 bits per heavy atom. The number of carbonyl (C=O) groups excluding carboxylic acids is 1. The van der Waals surface area contributed by atoms with Gasteiger partial charge < -0.3 is 20.6 Å². The Morgan fingerprint density at radius 2 is 1.64 bits per heavy atom. The van der Waals surface area contributed by atoms with Crippen LogP contribution in [0.25, 0.3) is 0 Å². The van der Waals surface area contributed by atoms with Crippen molar-refractivity contribution in [1.82, 2.24) is 5.32 Å². The maximum Gasteiger partial charge on any atom is 0.322 e. The Kier molecular flexibility index (Phi) is 6.92. The minimum absolute atomic E-state index is 0.172. The number of hydrogen-bond donors (Lipinski definition) is 4. The van der Waals surface area contributed by atoms with E-state index < -0.39 is 5.97 Å². The lowest BCUT2D eigenvalue weighted by molar-refractivity contribution is -0.174. The van der Waals surface area contributed by atoms with Crippen LogP contribution in [0.15, 0.2) is 0 Å². The van der Waals surface area contributed by atoms with Gasteiger partial charge in [-0.15, -0.1) is 0 Å². The number of carboxylic acid groups (broad SMARTS) is 1. The van der Waals surface area contributed by atoms with Crippen molar-refractivity contribution in [2.45, 2.75) is 97.7 Å². The summed E-state index contributed by atoms with van der Waals surface area (Å²) in [5, 5.41) is 33.0. The fourth-order valence-corrected chi connectivity index (χ4v) is 9.34. The highest BCUT2D eigenvalue weighted by Crippen LogP contribution is 2.68. The third-order valence-corrected chi connectivity index (χ3v) is 11.0. The van der Waals surface area contributed by atoms with Crippen molar-refractivity contribution in [2.75, 3.05) is 6.54 Å². The van der Waals surface area contributed by atoms with E-state index >= 15 is 0 Å². The molecule has 4 rings (SSSR count). The minimum atomic E-state index is -1.01. The summed E-state index contributed by atoms with van der Waals surface area (Å²) in [5.74, 6) is 1.39. The largest absolute Gasteiger partial charge is 0.480 e. The summed E-state index contributed by atoms with van der Waals surface area (Å²) in [7, 11) is 0. The van der Waals surface area contributed by atoms with Gasteiger partial charge >= 0.3 is 5.97 Å². The van der Waals surface area contributed by atoms with Gasteiger partial charge in [0.15, 0.2) is 0 Å². The number of aliphatic hydroxyl groups is 2. The van der Waals surface area contributed by atoms with Crippen molar-refractivity contribution in [3.8, 4) is 0 Å². The van der Waals surface area contributed by atoms with Crippen LogP contribution in [0.5, 0.6) is 0 Å². The topological polar surface area (TPSA) is 107 Å². The lowest BCUT2D eigenvalue weighted by atomic mass is 9.43. The van der Waals surface area contributed by atoms with Crippen molar-refractivity contribution in [2.24, 2.45) is 52.3 Å². The van der Waals surface area contributed by atoms with Gasteiger partial charge in [-0.2, -0.15) is 0 Å². The zero-order valence-corrected chi connectivity index (χ0v) is 20.9. The summed E-state index contributed by atoms with van der Waals surface area (Å²) in [6.45, 7) is 8.75. The van der Waals surface area contributed by atoms with Gasteiger partial charge in [0, 0.05) is 5.92 Å². The number of aliphatic hydroxyl groups excluding tert-OH is 2. The summed E-state index contributed by atoms with van der Waals surface area (Å²) in [5.41, 5.74) is 0.432. The summed E-state index contributed by atoms with van der Waals surface area (Å²) >= 11 is 0. The second-order valence-electron chi connectivity index (χ2n) is 12.7. The molecule has 0 bridgehead atoms.